The predicted molar refractivity (Wildman–Crippen MR) is 82.2 cm³/mol. The van der Waals surface area contributed by atoms with E-state index in [1.165, 1.54) is 5.56 Å². The molecule has 20 heavy (non-hydrogen) atoms. The topological polar surface area (TPSA) is 41.5 Å². The van der Waals surface area contributed by atoms with Crippen molar-refractivity contribution in [1.29, 1.82) is 0 Å². The van der Waals surface area contributed by atoms with E-state index < -0.39 is 0 Å². The molecule has 0 saturated carbocycles. The van der Waals surface area contributed by atoms with Crippen LogP contribution >= 0.6 is 0 Å². The minimum atomic E-state index is -0.204. The third-order valence-electron chi connectivity index (χ3n) is 3.13. The Balaban J connectivity index is 2.10. The van der Waals surface area contributed by atoms with E-state index in [1.54, 1.807) is 18.3 Å². The summed E-state index contributed by atoms with van der Waals surface area (Å²) in [5.41, 5.74) is 7.72. The highest BCUT2D eigenvalue weighted by Gasteiger charge is 2.03. The standard InChI is InChI=1S/C17H18N2O/c1-12-9-13(2)16(14(3)10-12)11-18-19-17(20)15-7-5-4-6-8-15/h4-11H,1-3H3,(H,19,20)/b18-11-. The van der Waals surface area contributed by atoms with E-state index in [0.717, 1.165) is 16.7 Å². The predicted octanol–water partition coefficient (Wildman–Crippen LogP) is 3.38. The zero-order chi connectivity index (χ0) is 14.5. The summed E-state index contributed by atoms with van der Waals surface area (Å²) >= 11 is 0. The maximum atomic E-state index is 11.8. The molecule has 2 aromatic rings. The van der Waals surface area contributed by atoms with Crippen molar-refractivity contribution in [3.05, 3.63) is 70.3 Å². The second kappa shape index (κ2) is 6.15. The molecule has 3 heteroatoms. The smallest absolute Gasteiger partial charge is 0.267 e. The van der Waals surface area contributed by atoms with Crippen LogP contribution in [0.3, 0.4) is 0 Å². The number of nitrogens with zero attached hydrogens (tertiary/aromatic N) is 1. The van der Waals surface area contributed by atoms with Gasteiger partial charge in [0.05, 0.1) is 6.21 Å². The van der Waals surface area contributed by atoms with Crippen molar-refractivity contribution in [3.8, 4) is 0 Å². The maximum Gasteiger partial charge on any atom is 0.271 e. The van der Waals surface area contributed by atoms with Crippen LogP contribution < -0.4 is 5.43 Å². The van der Waals surface area contributed by atoms with Gasteiger partial charge < -0.3 is 0 Å². The number of nitrogens with one attached hydrogen (secondary N) is 1. The summed E-state index contributed by atoms with van der Waals surface area (Å²) in [4.78, 5) is 11.8. The van der Waals surface area contributed by atoms with Crippen LogP contribution in [0.4, 0.5) is 0 Å². The van der Waals surface area contributed by atoms with Gasteiger partial charge in [-0.25, -0.2) is 5.43 Å². The van der Waals surface area contributed by atoms with Crippen LogP contribution in [0, 0.1) is 20.8 Å². The lowest BCUT2D eigenvalue weighted by molar-refractivity contribution is 0.0955. The number of carbonyl (C=O) groups is 1. The molecule has 0 aliphatic heterocycles. The molecule has 0 heterocycles. The zero-order valence-electron chi connectivity index (χ0n) is 12.0. The highest BCUT2D eigenvalue weighted by molar-refractivity contribution is 5.95. The molecule has 0 aliphatic carbocycles. The molecule has 0 atom stereocenters. The molecule has 0 radical (unpaired) electrons. The fourth-order valence-electron chi connectivity index (χ4n) is 2.20. The Morgan fingerprint density at radius 1 is 1.05 bits per heavy atom. The van der Waals surface area contributed by atoms with Gasteiger partial charge >= 0.3 is 0 Å². The summed E-state index contributed by atoms with van der Waals surface area (Å²) in [6.07, 6.45) is 1.70. The lowest BCUT2D eigenvalue weighted by Gasteiger charge is -2.06. The summed E-state index contributed by atoms with van der Waals surface area (Å²) in [6, 6.07) is 13.3. The number of carbonyl (C=O) groups excluding carboxylic acids is 1. The average molecular weight is 266 g/mol. The molecule has 0 fully saturated rings. The van der Waals surface area contributed by atoms with Crippen LogP contribution in [0.15, 0.2) is 47.6 Å². The number of hydrogen-bond donors (Lipinski definition) is 1. The second-order valence-corrected chi connectivity index (χ2v) is 4.88. The van der Waals surface area contributed by atoms with Crippen molar-refractivity contribution in [2.24, 2.45) is 5.10 Å². The van der Waals surface area contributed by atoms with Crippen LogP contribution in [-0.2, 0) is 0 Å². The third kappa shape index (κ3) is 3.32. The molecule has 0 saturated heterocycles. The van der Waals surface area contributed by atoms with Crippen LogP contribution in [0.2, 0.25) is 0 Å². The Kier molecular flexibility index (Phi) is 4.31. The first-order valence-electron chi connectivity index (χ1n) is 6.54. The Morgan fingerprint density at radius 2 is 1.65 bits per heavy atom. The Morgan fingerprint density at radius 3 is 2.25 bits per heavy atom. The summed E-state index contributed by atoms with van der Waals surface area (Å²) in [5.74, 6) is -0.204. The molecule has 102 valence electrons. The van der Waals surface area contributed by atoms with Crippen molar-refractivity contribution in [2.75, 3.05) is 0 Å². The summed E-state index contributed by atoms with van der Waals surface area (Å²) in [6.45, 7) is 6.15. The molecule has 0 unspecified atom stereocenters. The van der Waals surface area contributed by atoms with Gasteiger partial charge in [-0.2, -0.15) is 5.10 Å². The van der Waals surface area contributed by atoms with Gasteiger partial charge in [0.15, 0.2) is 0 Å². The third-order valence-corrected chi connectivity index (χ3v) is 3.13. The van der Waals surface area contributed by atoms with E-state index in [9.17, 15) is 4.79 Å². The first-order chi connectivity index (χ1) is 9.58. The summed E-state index contributed by atoms with van der Waals surface area (Å²) in [5, 5.41) is 4.04. The number of aryl methyl sites for hydroxylation is 3. The zero-order valence-corrected chi connectivity index (χ0v) is 12.0. The summed E-state index contributed by atoms with van der Waals surface area (Å²) < 4.78 is 0. The van der Waals surface area contributed by atoms with Gasteiger partial charge in [0, 0.05) is 11.1 Å². The quantitative estimate of drug-likeness (QED) is 0.671. The fourth-order valence-corrected chi connectivity index (χ4v) is 2.20. The van der Waals surface area contributed by atoms with Crippen LogP contribution in [-0.4, -0.2) is 12.1 Å². The molecule has 1 amide bonds. The molecular formula is C17H18N2O. The van der Waals surface area contributed by atoms with Crippen LogP contribution in [0.1, 0.15) is 32.6 Å². The van der Waals surface area contributed by atoms with E-state index in [-0.39, 0.29) is 5.91 Å². The van der Waals surface area contributed by atoms with Crippen LogP contribution in [0.25, 0.3) is 0 Å². The van der Waals surface area contributed by atoms with Crippen molar-refractivity contribution in [1.82, 2.24) is 5.43 Å². The molecule has 0 aliphatic rings. The minimum Gasteiger partial charge on any atom is -0.267 e. The van der Waals surface area contributed by atoms with Crippen molar-refractivity contribution in [3.63, 3.8) is 0 Å². The number of rotatable bonds is 3. The Labute approximate surface area is 119 Å². The average Bonchev–Trinajstić information content (AvgIpc) is 2.42. The highest BCUT2D eigenvalue weighted by atomic mass is 16.2. The van der Waals surface area contributed by atoms with Gasteiger partial charge in [-0.15, -0.1) is 0 Å². The Bertz CT molecular complexity index is 622. The normalized spacial score (nSPS) is 10.8. The van der Waals surface area contributed by atoms with Gasteiger partial charge in [-0.3, -0.25) is 4.79 Å². The molecule has 0 aromatic heterocycles. The van der Waals surface area contributed by atoms with Gasteiger partial charge in [-0.1, -0.05) is 35.9 Å². The molecule has 0 spiro atoms. The fraction of sp³-hybridized carbons (Fsp3) is 0.176. The van der Waals surface area contributed by atoms with Gasteiger partial charge in [-0.05, 0) is 44.0 Å². The van der Waals surface area contributed by atoms with Gasteiger partial charge in [0.25, 0.3) is 5.91 Å². The van der Waals surface area contributed by atoms with Gasteiger partial charge in [0.1, 0.15) is 0 Å². The van der Waals surface area contributed by atoms with E-state index in [1.807, 2.05) is 32.0 Å². The number of benzene rings is 2. The number of amides is 1. The molecular weight excluding hydrogens is 248 g/mol. The monoisotopic (exact) mass is 266 g/mol. The van der Waals surface area contributed by atoms with E-state index in [2.05, 4.69) is 29.6 Å². The van der Waals surface area contributed by atoms with Crippen molar-refractivity contribution >= 4 is 12.1 Å². The molecule has 2 rings (SSSR count). The molecule has 1 N–H and O–H groups in total. The maximum absolute atomic E-state index is 11.8. The van der Waals surface area contributed by atoms with Crippen LogP contribution in [0.5, 0.6) is 0 Å². The van der Waals surface area contributed by atoms with E-state index >= 15 is 0 Å². The van der Waals surface area contributed by atoms with Crippen molar-refractivity contribution < 1.29 is 4.79 Å². The lowest BCUT2D eigenvalue weighted by atomic mass is 10.0. The molecule has 2 aromatic carbocycles. The SMILES string of the molecule is Cc1cc(C)c(/C=N\NC(=O)c2ccccc2)c(C)c1. The second-order valence-electron chi connectivity index (χ2n) is 4.88. The highest BCUT2D eigenvalue weighted by Crippen LogP contribution is 2.14. The van der Waals surface area contributed by atoms with Crippen molar-refractivity contribution in [2.45, 2.75) is 20.8 Å². The first kappa shape index (κ1) is 14.0. The van der Waals surface area contributed by atoms with E-state index in [4.69, 9.17) is 0 Å². The molecule has 0 bridgehead atoms. The van der Waals surface area contributed by atoms with Gasteiger partial charge in [0.2, 0.25) is 0 Å². The minimum absolute atomic E-state index is 0.204. The lowest BCUT2D eigenvalue weighted by Crippen LogP contribution is -2.17. The summed E-state index contributed by atoms with van der Waals surface area (Å²) in [7, 11) is 0. The first-order valence-corrected chi connectivity index (χ1v) is 6.54. The Hall–Kier alpha value is -2.42. The number of hydrogen-bond acceptors (Lipinski definition) is 2. The number of hydrazone groups is 1. The molecule has 3 nitrogen and oxygen atoms in total. The largest absolute Gasteiger partial charge is 0.271 e. The van der Waals surface area contributed by atoms with E-state index in [0.29, 0.717) is 5.56 Å².